The predicted octanol–water partition coefficient (Wildman–Crippen LogP) is 4.80. The fourth-order valence-electron chi connectivity index (χ4n) is 1.59. The lowest BCUT2D eigenvalue weighted by atomic mass is 10.2. The van der Waals surface area contributed by atoms with E-state index >= 15 is 0 Å². The number of halogens is 3. The fourth-order valence-corrected chi connectivity index (χ4v) is 2.24. The zero-order chi connectivity index (χ0) is 14.0. The zero-order valence-corrected chi connectivity index (χ0v) is 12.3. The zero-order valence-electron chi connectivity index (χ0n) is 10.0. The van der Waals surface area contributed by atoms with Crippen molar-refractivity contribution in [2.45, 2.75) is 6.92 Å². The van der Waals surface area contributed by atoms with E-state index in [0.29, 0.717) is 10.7 Å². The minimum Gasteiger partial charge on any atom is -0.321 e. The molecule has 0 aliphatic heterocycles. The van der Waals surface area contributed by atoms with Crippen molar-refractivity contribution < 1.29 is 9.18 Å². The Bertz CT molecular complexity index is 645. The molecule has 2 rings (SSSR count). The van der Waals surface area contributed by atoms with Crippen molar-refractivity contribution in [2.75, 3.05) is 5.32 Å². The highest BCUT2D eigenvalue weighted by molar-refractivity contribution is 9.10. The molecule has 0 heterocycles. The lowest BCUT2D eigenvalue weighted by molar-refractivity contribution is 0.102. The molecular weight excluding hydrogens is 333 g/mol. The normalized spacial score (nSPS) is 10.3. The first kappa shape index (κ1) is 14.0. The van der Waals surface area contributed by atoms with E-state index in [-0.39, 0.29) is 10.0 Å². The van der Waals surface area contributed by atoms with Crippen LogP contribution in [0.2, 0.25) is 5.02 Å². The van der Waals surface area contributed by atoms with E-state index in [4.69, 9.17) is 11.6 Å². The van der Waals surface area contributed by atoms with Crippen LogP contribution in [0.15, 0.2) is 40.9 Å². The Morgan fingerprint density at radius 3 is 2.74 bits per heavy atom. The number of carbonyl (C=O) groups excluding carboxylic acids is 1. The molecule has 0 atom stereocenters. The topological polar surface area (TPSA) is 29.1 Å². The van der Waals surface area contributed by atoms with E-state index in [2.05, 4.69) is 21.2 Å². The fraction of sp³-hybridized carbons (Fsp3) is 0.0714. The van der Waals surface area contributed by atoms with Crippen LogP contribution >= 0.6 is 27.5 Å². The van der Waals surface area contributed by atoms with Gasteiger partial charge in [-0.2, -0.15) is 0 Å². The second-order valence-corrected chi connectivity index (χ2v) is 5.30. The van der Waals surface area contributed by atoms with Gasteiger partial charge in [0.15, 0.2) is 0 Å². The molecule has 2 nitrogen and oxygen atoms in total. The number of anilines is 1. The first-order chi connectivity index (χ1) is 8.99. The molecule has 0 unspecified atom stereocenters. The quantitative estimate of drug-likeness (QED) is 0.834. The maximum Gasteiger partial charge on any atom is 0.258 e. The minimum atomic E-state index is -0.594. The van der Waals surface area contributed by atoms with Gasteiger partial charge in [-0.1, -0.05) is 23.7 Å². The molecule has 98 valence electrons. The van der Waals surface area contributed by atoms with Crippen molar-refractivity contribution in [3.05, 3.63) is 62.8 Å². The molecule has 0 saturated heterocycles. The Hall–Kier alpha value is -1.39. The van der Waals surface area contributed by atoms with Crippen molar-refractivity contribution in [2.24, 2.45) is 0 Å². The second kappa shape index (κ2) is 5.72. The van der Waals surface area contributed by atoms with E-state index in [1.165, 1.54) is 12.1 Å². The number of hydrogen-bond acceptors (Lipinski definition) is 1. The lowest BCUT2D eigenvalue weighted by Gasteiger charge is -2.09. The van der Waals surface area contributed by atoms with Crippen LogP contribution in [0.4, 0.5) is 10.1 Å². The van der Waals surface area contributed by atoms with Crippen molar-refractivity contribution in [1.82, 2.24) is 0 Å². The molecule has 0 fully saturated rings. The van der Waals surface area contributed by atoms with Gasteiger partial charge in [-0.05, 0) is 52.7 Å². The summed E-state index contributed by atoms with van der Waals surface area (Å²) in [7, 11) is 0. The highest BCUT2D eigenvalue weighted by atomic mass is 79.9. The van der Waals surface area contributed by atoms with E-state index in [9.17, 15) is 9.18 Å². The molecule has 0 bridgehead atoms. The van der Waals surface area contributed by atoms with Crippen LogP contribution < -0.4 is 5.32 Å². The lowest BCUT2D eigenvalue weighted by Crippen LogP contribution is -2.14. The highest BCUT2D eigenvalue weighted by Gasteiger charge is 2.14. The SMILES string of the molecule is Cc1ccc(NC(=O)c2cccc(Br)c2F)c(Cl)c1. The summed E-state index contributed by atoms with van der Waals surface area (Å²) in [6.45, 7) is 1.89. The molecule has 1 N–H and O–H groups in total. The Morgan fingerprint density at radius 1 is 1.32 bits per heavy atom. The molecule has 2 aromatic rings. The van der Waals surface area contributed by atoms with Gasteiger partial charge in [-0.25, -0.2) is 4.39 Å². The third-order valence-electron chi connectivity index (χ3n) is 2.57. The first-order valence-corrected chi connectivity index (χ1v) is 6.67. The van der Waals surface area contributed by atoms with Crippen molar-refractivity contribution in [3.8, 4) is 0 Å². The number of benzene rings is 2. The van der Waals surface area contributed by atoms with Gasteiger partial charge >= 0.3 is 0 Å². The average Bonchev–Trinajstić information content (AvgIpc) is 2.36. The standard InChI is InChI=1S/C14H10BrClFNO/c1-8-5-6-12(11(16)7-8)18-14(19)9-3-2-4-10(15)13(9)17/h2-7H,1H3,(H,18,19). The average molecular weight is 343 g/mol. The molecule has 0 aliphatic carbocycles. The third-order valence-corrected chi connectivity index (χ3v) is 3.49. The third kappa shape index (κ3) is 3.14. The van der Waals surface area contributed by atoms with E-state index in [1.54, 1.807) is 18.2 Å². The van der Waals surface area contributed by atoms with Crippen LogP contribution in [0.25, 0.3) is 0 Å². The molecule has 5 heteroatoms. The van der Waals surface area contributed by atoms with Crippen LogP contribution in [0.5, 0.6) is 0 Å². The number of amides is 1. The van der Waals surface area contributed by atoms with Gasteiger partial charge < -0.3 is 5.32 Å². The number of rotatable bonds is 2. The van der Waals surface area contributed by atoms with Crippen molar-refractivity contribution in [1.29, 1.82) is 0 Å². The van der Waals surface area contributed by atoms with Crippen LogP contribution in [0.1, 0.15) is 15.9 Å². The van der Waals surface area contributed by atoms with E-state index in [0.717, 1.165) is 5.56 Å². The summed E-state index contributed by atoms with van der Waals surface area (Å²) in [5.41, 5.74) is 1.40. The smallest absolute Gasteiger partial charge is 0.258 e. The summed E-state index contributed by atoms with van der Waals surface area (Å²) in [6, 6.07) is 9.78. The Balaban J connectivity index is 2.28. The predicted molar refractivity (Wildman–Crippen MR) is 78.2 cm³/mol. The molecule has 2 aromatic carbocycles. The Kier molecular flexibility index (Phi) is 4.22. The van der Waals surface area contributed by atoms with Crippen LogP contribution in [-0.2, 0) is 0 Å². The number of nitrogens with one attached hydrogen (secondary N) is 1. The summed E-state index contributed by atoms with van der Waals surface area (Å²) in [6.07, 6.45) is 0. The maximum atomic E-state index is 13.8. The molecule has 0 spiro atoms. The highest BCUT2D eigenvalue weighted by Crippen LogP contribution is 2.24. The van der Waals surface area contributed by atoms with Crippen LogP contribution in [-0.4, -0.2) is 5.91 Å². The molecule has 0 saturated carbocycles. The number of carbonyl (C=O) groups is 1. The minimum absolute atomic E-state index is 0.0361. The van der Waals surface area contributed by atoms with E-state index in [1.807, 2.05) is 13.0 Å². The van der Waals surface area contributed by atoms with Gasteiger partial charge in [0.2, 0.25) is 0 Å². The Morgan fingerprint density at radius 2 is 2.05 bits per heavy atom. The van der Waals surface area contributed by atoms with Gasteiger partial charge in [0, 0.05) is 0 Å². The summed E-state index contributed by atoms with van der Waals surface area (Å²) < 4.78 is 14.0. The molecular formula is C14H10BrClFNO. The van der Waals surface area contributed by atoms with Gasteiger partial charge in [-0.3, -0.25) is 4.79 Å². The summed E-state index contributed by atoms with van der Waals surface area (Å²) in [4.78, 5) is 12.0. The van der Waals surface area contributed by atoms with Crippen molar-refractivity contribution >= 4 is 39.1 Å². The molecule has 19 heavy (non-hydrogen) atoms. The van der Waals surface area contributed by atoms with Crippen LogP contribution in [0, 0.1) is 12.7 Å². The Labute approximate surface area is 123 Å². The summed E-state index contributed by atoms with van der Waals surface area (Å²) >= 11 is 9.06. The number of aryl methyl sites for hydroxylation is 1. The summed E-state index contributed by atoms with van der Waals surface area (Å²) in [5.74, 6) is -1.13. The van der Waals surface area contributed by atoms with Gasteiger partial charge in [0.05, 0.1) is 20.7 Å². The molecule has 0 radical (unpaired) electrons. The van der Waals surface area contributed by atoms with Gasteiger partial charge in [0.25, 0.3) is 5.91 Å². The largest absolute Gasteiger partial charge is 0.321 e. The number of hydrogen-bond donors (Lipinski definition) is 1. The summed E-state index contributed by atoms with van der Waals surface area (Å²) in [5, 5.41) is 3.01. The molecule has 0 aromatic heterocycles. The van der Waals surface area contributed by atoms with Crippen molar-refractivity contribution in [3.63, 3.8) is 0 Å². The second-order valence-electron chi connectivity index (χ2n) is 4.04. The van der Waals surface area contributed by atoms with Gasteiger partial charge in [-0.15, -0.1) is 0 Å². The van der Waals surface area contributed by atoms with Gasteiger partial charge in [0.1, 0.15) is 5.82 Å². The van der Waals surface area contributed by atoms with E-state index < -0.39 is 11.7 Å². The molecule has 0 aliphatic rings. The maximum absolute atomic E-state index is 13.8. The van der Waals surface area contributed by atoms with Crippen LogP contribution in [0.3, 0.4) is 0 Å². The molecule has 1 amide bonds. The monoisotopic (exact) mass is 341 g/mol. The first-order valence-electron chi connectivity index (χ1n) is 5.50.